The maximum absolute atomic E-state index is 13.6. The Bertz CT molecular complexity index is 1210. The van der Waals surface area contributed by atoms with Crippen molar-refractivity contribution in [3.63, 3.8) is 0 Å². The second-order valence-electron chi connectivity index (χ2n) is 9.22. The Kier molecular flexibility index (Phi) is 8.37. The highest BCUT2D eigenvalue weighted by molar-refractivity contribution is 6.01. The lowest BCUT2D eigenvalue weighted by Gasteiger charge is -2.38. The molecule has 3 rings (SSSR count). The molecule has 0 saturated carbocycles. The van der Waals surface area contributed by atoms with E-state index in [-0.39, 0.29) is 16.8 Å². The summed E-state index contributed by atoms with van der Waals surface area (Å²) in [5, 5.41) is 11.6. The number of allylic oxidation sites excluding steroid dienone is 2. The van der Waals surface area contributed by atoms with E-state index in [1.165, 1.54) is 18.2 Å². The number of carbonyl (C=O) groups is 2. The number of carbonyl (C=O) groups excluding carboxylic acids is 2. The van der Waals surface area contributed by atoms with Gasteiger partial charge in [-0.1, -0.05) is 12.1 Å². The van der Waals surface area contributed by atoms with E-state index in [4.69, 9.17) is 14.2 Å². The van der Waals surface area contributed by atoms with E-state index >= 15 is 0 Å². The molecule has 2 aromatic carbocycles. The van der Waals surface area contributed by atoms with Crippen LogP contribution in [0.2, 0.25) is 0 Å². The molecule has 0 spiro atoms. The monoisotopic (exact) mass is 508 g/mol. The number of anilines is 1. The van der Waals surface area contributed by atoms with Crippen molar-refractivity contribution in [2.24, 2.45) is 0 Å². The molecule has 0 radical (unpaired) electrons. The van der Waals surface area contributed by atoms with Gasteiger partial charge in [0.15, 0.2) is 0 Å². The molecule has 1 aliphatic rings. The van der Waals surface area contributed by atoms with E-state index in [1.54, 1.807) is 71.8 Å². The Labute approximate surface area is 216 Å². The molecule has 9 nitrogen and oxygen atoms in total. The molecule has 1 heterocycles. The van der Waals surface area contributed by atoms with Gasteiger partial charge in [0.1, 0.15) is 5.75 Å². The molecule has 0 aromatic heterocycles. The van der Waals surface area contributed by atoms with Gasteiger partial charge in [0.05, 0.1) is 41.3 Å². The molecule has 9 heteroatoms. The van der Waals surface area contributed by atoms with Crippen molar-refractivity contribution in [2.75, 3.05) is 12.0 Å². The summed E-state index contributed by atoms with van der Waals surface area (Å²) in [4.78, 5) is 40.0. The summed E-state index contributed by atoms with van der Waals surface area (Å²) in [7, 11) is 1.57. The zero-order valence-corrected chi connectivity index (χ0v) is 22.1. The average Bonchev–Trinajstić information content (AvgIpc) is 2.83. The van der Waals surface area contributed by atoms with E-state index < -0.39 is 35.0 Å². The quantitative estimate of drug-likeness (QED) is 0.255. The van der Waals surface area contributed by atoms with Crippen molar-refractivity contribution in [3.8, 4) is 5.75 Å². The van der Waals surface area contributed by atoms with Crippen LogP contribution >= 0.6 is 0 Å². The van der Waals surface area contributed by atoms with Crippen molar-refractivity contribution in [2.45, 2.75) is 59.7 Å². The van der Waals surface area contributed by atoms with Gasteiger partial charge in [0.2, 0.25) is 0 Å². The van der Waals surface area contributed by atoms with Crippen molar-refractivity contribution >= 4 is 23.3 Å². The maximum atomic E-state index is 13.6. The van der Waals surface area contributed by atoms with E-state index in [2.05, 4.69) is 0 Å². The summed E-state index contributed by atoms with van der Waals surface area (Å²) in [6.45, 7) is 10.5. The predicted octanol–water partition coefficient (Wildman–Crippen LogP) is 5.66. The molecule has 0 unspecified atom stereocenters. The van der Waals surface area contributed by atoms with Crippen LogP contribution in [0.5, 0.6) is 5.75 Å². The number of nitro benzene ring substituents is 1. The van der Waals surface area contributed by atoms with Crippen LogP contribution in [0.3, 0.4) is 0 Å². The van der Waals surface area contributed by atoms with Crippen molar-refractivity contribution in [1.82, 2.24) is 0 Å². The lowest BCUT2D eigenvalue weighted by atomic mass is 9.79. The summed E-state index contributed by atoms with van der Waals surface area (Å²) in [6.07, 6.45) is -0.850. The van der Waals surface area contributed by atoms with Crippen LogP contribution in [-0.2, 0) is 19.1 Å². The molecule has 1 aliphatic heterocycles. The Morgan fingerprint density at radius 3 is 1.84 bits per heavy atom. The number of benzene rings is 2. The first kappa shape index (κ1) is 27.4. The molecule has 0 fully saturated rings. The number of ether oxygens (including phenoxy) is 3. The topological polar surface area (TPSA) is 108 Å². The van der Waals surface area contributed by atoms with Crippen LogP contribution in [0.15, 0.2) is 71.1 Å². The van der Waals surface area contributed by atoms with Crippen molar-refractivity contribution < 1.29 is 28.7 Å². The number of hydrogen-bond acceptors (Lipinski definition) is 8. The zero-order valence-electron chi connectivity index (χ0n) is 22.1. The Morgan fingerprint density at radius 2 is 1.41 bits per heavy atom. The van der Waals surface area contributed by atoms with Gasteiger partial charge >= 0.3 is 11.9 Å². The zero-order chi connectivity index (χ0) is 27.4. The van der Waals surface area contributed by atoms with Gasteiger partial charge < -0.3 is 19.1 Å². The number of non-ortho nitro benzene ring substituents is 1. The lowest BCUT2D eigenvalue weighted by molar-refractivity contribution is -0.384. The lowest BCUT2D eigenvalue weighted by Crippen LogP contribution is -2.36. The number of nitro groups is 1. The third kappa shape index (κ3) is 5.82. The number of rotatable bonds is 8. The molecule has 0 saturated heterocycles. The largest absolute Gasteiger partial charge is 0.497 e. The summed E-state index contributed by atoms with van der Waals surface area (Å²) >= 11 is 0. The Balaban J connectivity index is 2.35. The fourth-order valence-corrected chi connectivity index (χ4v) is 4.41. The molecular formula is C28H32N2O7. The van der Waals surface area contributed by atoms with E-state index in [9.17, 15) is 19.7 Å². The highest BCUT2D eigenvalue weighted by Crippen LogP contribution is 2.45. The minimum absolute atomic E-state index is 0.154. The van der Waals surface area contributed by atoms with Gasteiger partial charge in [0, 0.05) is 29.2 Å². The molecular weight excluding hydrogens is 476 g/mol. The summed E-state index contributed by atoms with van der Waals surface area (Å²) in [6, 6.07) is 13.1. The van der Waals surface area contributed by atoms with Gasteiger partial charge in [-0.25, -0.2) is 9.59 Å². The first-order valence-corrected chi connectivity index (χ1v) is 12.0. The number of methoxy groups -OCH3 is 1. The average molecular weight is 509 g/mol. The second kappa shape index (κ2) is 11.3. The molecule has 0 bridgehead atoms. The smallest absolute Gasteiger partial charge is 0.337 e. The highest BCUT2D eigenvalue weighted by Gasteiger charge is 2.42. The molecule has 37 heavy (non-hydrogen) atoms. The van der Waals surface area contributed by atoms with Gasteiger partial charge in [0.25, 0.3) is 5.69 Å². The number of esters is 2. The molecule has 0 atom stereocenters. The van der Waals surface area contributed by atoms with Gasteiger partial charge in [-0.15, -0.1) is 0 Å². The number of hydrogen-bond donors (Lipinski definition) is 0. The van der Waals surface area contributed by atoms with Crippen LogP contribution in [0.25, 0.3) is 0 Å². The summed E-state index contributed by atoms with van der Waals surface area (Å²) < 4.78 is 16.5. The summed E-state index contributed by atoms with van der Waals surface area (Å²) in [5.74, 6) is -1.53. The van der Waals surface area contributed by atoms with Gasteiger partial charge in [-0.2, -0.15) is 0 Å². The molecule has 196 valence electrons. The normalized spacial score (nSPS) is 14.4. The van der Waals surface area contributed by atoms with Crippen molar-refractivity contribution in [1.29, 1.82) is 0 Å². The van der Waals surface area contributed by atoms with E-state index in [1.807, 2.05) is 12.1 Å². The Morgan fingerprint density at radius 1 is 0.892 bits per heavy atom. The van der Waals surface area contributed by atoms with Crippen molar-refractivity contribution in [3.05, 3.63) is 86.7 Å². The molecule has 0 amide bonds. The van der Waals surface area contributed by atoms with E-state index in [0.29, 0.717) is 28.4 Å². The maximum Gasteiger partial charge on any atom is 0.337 e. The van der Waals surface area contributed by atoms with Crippen LogP contribution in [0, 0.1) is 10.1 Å². The fourth-order valence-electron chi connectivity index (χ4n) is 4.41. The van der Waals surface area contributed by atoms with Crippen LogP contribution in [0.1, 0.15) is 53.0 Å². The summed E-state index contributed by atoms with van der Waals surface area (Å²) in [5.41, 5.74) is 2.42. The van der Waals surface area contributed by atoms with Crippen LogP contribution in [-0.4, -0.2) is 36.2 Å². The minimum Gasteiger partial charge on any atom is -0.497 e. The van der Waals surface area contributed by atoms with E-state index in [0.717, 1.165) is 0 Å². The predicted molar refractivity (Wildman–Crippen MR) is 139 cm³/mol. The molecule has 0 N–H and O–H groups in total. The molecule has 0 aliphatic carbocycles. The molecule has 2 aromatic rings. The SMILES string of the molecule is COc1ccc(N2C(C)=C(C(=O)OC(C)C)C(c3cccc([N+](=O)[O-])c3)C(C(=O)OC(C)C)=C2C)cc1. The first-order chi connectivity index (χ1) is 17.5. The third-order valence-corrected chi connectivity index (χ3v) is 5.90. The second-order valence-corrected chi connectivity index (χ2v) is 9.22. The fraction of sp³-hybridized carbons (Fsp3) is 0.357. The number of nitrogens with zero attached hydrogens (tertiary/aromatic N) is 2. The third-order valence-electron chi connectivity index (χ3n) is 5.90. The van der Waals surface area contributed by atoms with Gasteiger partial charge in [-0.3, -0.25) is 10.1 Å². The highest BCUT2D eigenvalue weighted by atomic mass is 16.6. The Hall–Kier alpha value is -4.14. The van der Waals surface area contributed by atoms with Crippen LogP contribution < -0.4 is 9.64 Å². The van der Waals surface area contributed by atoms with Gasteiger partial charge in [-0.05, 0) is 71.4 Å². The minimum atomic E-state index is -0.938. The standard InChI is InChI=1S/C28H32N2O7/c1-16(2)36-27(31)24-18(5)29(21-11-13-23(35-7)14-12-21)19(6)25(28(32)37-17(3)4)26(24)20-9-8-10-22(15-20)30(33)34/h8-17,26H,1-7H3. The first-order valence-electron chi connectivity index (χ1n) is 12.0. The van der Waals surface area contributed by atoms with Crippen LogP contribution in [0.4, 0.5) is 11.4 Å².